The summed E-state index contributed by atoms with van der Waals surface area (Å²) >= 11 is 7.59. The second kappa shape index (κ2) is 5.49. The fraction of sp³-hybridized carbons (Fsp3) is 0.250. The zero-order valence-electron chi connectivity index (χ0n) is 9.35. The molecular formula is C12H13ClN2OS. The lowest BCUT2D eigenvalue weighted by Crippen LogP contribution is -2.14. The van der Waals surface area contributed by atoms with Crippen LogP contribution in [0, 0.1) is 6.92 Å². The number of nitrogens with one attached hydrogen (secondary N) is 1. The number of hydrogen-bond acceptors (Lipinski definition) is 4. The SMILES string of the molecule is Cc1csc(C(CO)Nc2ccccc2Cl)n1. The smallest absolute Gasteiger partial charge is 0.118 e. The van der Waals surface area contributed by atoms with Crippen LogP contribution in [0.15, 0.2) is 29.6 Å². The molecule has 0 fully saturated rings. The first-order valence-corrected chi connectivity index (χ1v) is 6.50. The molecule has 2 N–H and O–H groups in total. The number of aliphatic hydroxyl groups is 1. The molecule has 0 aliphatic carbocycles. The van der Waals surface area contributed by atoms with Crippen LogP contribution in [0.1, 0.15) is 16.7 Å². The van der Waals surface area contributed by atoms with Gasteiger partial charge in [0.2, 0.25) is 0 Å². The molecule has 1 atom stereocenters. The number of hydrogen-bond donors (Lipinski definition) is 2. The Bertz CT molecular complexity index is 501. The molecule has 2 aromatic rings. The summed E-state index contributed by atoms with van der Waals surface area (Å²) in [6.45, 7) is 1.92. The number of halogens is 1. The van der Waals surface area contributed by atoms with Crippen molar-refractivity contribution in [3.8, 4) is 0 Å². The lowest BCUT2D eigenvalue weighted by Gasteiger charge is -2.16. The first-order valence-electron chi connectivity index (χ1n) is 5.24. The molecule has 1 aromatic heterocycles. The molecule has 5 heteroatoms. The molecule has 0 saturated heterocycles. The zero-order valence-corrected chi connectivity index (χ0v) is 10.9. The molecule has 90 valence electrons. The van der Waals surface area contributed by atoms with Crippen LogP contribution in [0.5, 0.6) is 0 Å². The van der Waals surface area contributed by atoms with Crippen LogP contribution in [0.25, 0.3) is 0 Å². The maximum atomic E-state index is 9.40. The number of aryl methyl sites for hydroxylation is 1. The summed E-state index contributed by atoms with van der Waals surface area (Å²) < 4.78 is 0. The molecule has 17 heavy (non-hydrogen) atoms. The van der Waals surface area contributed by atoms with Gasteiger partial charge in [-0.15, -0.1) is 11.3 Å². The Balaban J connectivity index is 2.18. The lowest BCUT2D eigenvalue weighted by atomic mass is 10.2. The fourth-order valence-electron chi connectivity index (χ4n) is 1.48. The van der Waals surface area contributed by atoms with Crippen LogP contribution in [0.2, 0.25) is 5.02 Å². The van der Waals surface area contributed by atoms with Gasteiger partial charge in [0.1, 0.15) is 11.0 Å². The molecule has 2 rings (SSSR count). The van der Waals surface area contributed by atoms with Gasteiger partial charge in [-0.3, -0.25) is 0 Å². The Labute approximate surface area is 109 Å². The van der Waals surface area contributed by atoms with E-state index < -0.39 is 0 Å². The Morgan fingerprint density at radius 2 is 2.24 bits per heavy atom. The van der Waals surface area contributed by atoms with E-state index in [-0.39, 0.29) is 12.6 Å². The fourth-order valence-corrected chi connectivity index (χ4v) is 2.51. The molecule has 0 spiro atoms. The van der Waals surface area contributed by atoms with Crippen molar-refractivity contribution in [3.05, 3.63) is 45.4 Å². The van der Waals surface area contributed by atoms with Gasteiger partial charge >= 0.3 is 0 Å². The van der Waals surface area contributed by atoms with Crippen molar-refractivity contribution in [2.75, 3.05) is 11.9 Å². The van der Waals surface area contributed by atoms with E-state index in [0.717, 1.165) is 16.4 Å². The number of para-hydroxylation sites is 1. The molecule has 1 heterocycles. The van der Waals surface area contributed by atoms with Gasteiger partial charge in [0.05, 0.1) is 17.3 Å². The maximum absolute atomic E-state index is 9.40. The molecule has 1 aromatic carbocycles. The van der Waals surface area contributed by atoms with Gasteiger partial charge in [0.25, 0.3) is 0 Å². The summed E-state index contributed by atoms with van der Waals surface area (Å²) in [6.07, 6.45) is 0. The third-order valence-corrected chi connectivity index (χ3v) is 3.73. The first kappa shape index (κ1) is 12.4. The molecule has 0 amide bonds. The van der Waals surface area contributed by atoms with Crippen molar-refractivity contribution >= 4 is 28.6 Å². The van der Waals surface area contributed by atoms with Crippen molar-refractivity contribution in [2.45, 2.75) is 13.0 Å². The summed E-state index contributed by atoms with van der Waals surface area (Å²) in [7, 11) is 0. The average Bonchev–Trinajstić information content (AvgIpc) is 2.75. The van der Waals surface area contributed by atoms with Crippen LogP contribution < -0.4 is 5.32 Å². The van der Waals surface area contributed by atoms with Crippen LogP contribution in [0.4, 0.5) is 5.69 Å². The Morgan fingerprint density at radius 3 is 2.82 bits per heavy atom. The van der Waals surface area contributed by atoms with Gasteiger partial charge in [-0.1, -0.05) is 23.7 Å². The quantitative estimate of drug-likeness (QED) is 0.895. The number of aliphatic hydroxyl groups excluding tert-OH is 1. The van der Waals surface area contributed by atoms with Gasteiger partial charge in [0, 0.05) is 11.1 Å². The van der Waals surface area contributed by atoms with Gasteiger partial charge in [-0.05, 0) is 19.1 Å². The van der Waals surface area contributed by atoms with Gasteiger partial charge in [-0.2, -0.15) is 0 Å². The van der Waals surface area contributed by atoms with Gasteiger partial charge in [0.15, 0.2) is 0 Å². The predicted molar refractivity (Wildman–Crippen MR) is 71.8 cm³/mol. The number of benzene rings is 1. The van der Waals surface area contributed by atoms with Crippen molar-refractivity contribution in [2.24, 2.45) is 0 Å². The highest BCUT2D eigenvalue weighted by Gasteiger charge is 2.14. The molecule has 0 bridgehead atoms. The minimum atomic E-state index is -0.214. The third kappa shape index (κ3) is 2.97. The van der Waals surface area contributed by atoms with E-state index in [1.807, 2.05) is 36.6 Å². The molecular weight excluding hydrogens is 256 g/mol. The van der Waals surface area contributed by atoms with Crippen LogP contribution >= 0.6 is 22.9 Å². The van der Waals surface area contributed by atoms with Crippen LogP contribution in [-0.4, -0.2) is 16.7 Å². The molecule has 1 unspecified atom stereocenters. The predicted octanol–water partition coefficient (Wildman–Crippen LogP) is 3.25. The number of thiazole rings is 1. The van der Waals surface area contributed by atoms with E-state index in [1.54, 1.807) is 0 Å². The van der Waals surface area contributed by atoms with Crippen molar-refractivity contribution in [1.29, 1.82) is 0 Å². The minimum Gasteiger partial charge on any atom is -0.394 e. The van der Waals surface area contributed by atoms with Gasteiger partial charge in [-0.25, -0.2) is 4.98 Å². The highest BCUT2D eigenvalue weighted by molar-refractivity contribution is 7.09. The second-order valence-electron chi connectivity index (χ2n) is 3.69. The molecule has 0 aliphatic rings. The molecule has 0 saturated carbocycles. The Hall–Kier alpha value is -1.10. The van der Waals surface area contributed by atoms with E-state index in [9.17, 15) is 5.11 Å². The monoisotopic (exact) mass is 268 g/mol. The average molecular weight is 269 g/mol. The number of anilines is 1. The number of aromatic nitrogens is 1. The van der Waals surface area contributed by atoms with E-state index in [2.05, 4.69) is 10.3 Å². The van der Waals surface area contributed by atoms with Crippen molar-refractivity contribution in [1.82, 2.24) is 4.98 Å². The Morgan fingerprint density at radius 1 is 1.47 bits per heavy atom. The summed E-state index contributed by atoms with van der Waals surface area (Å²) in [4.78, 5) is 4.36. The minimum absolute atomic E-state index is 0.0157. The zero-order chi connectivity index (χ0) is 12.3. The first-order chi connectivity index (χ1) is 8.20. The van der Waals surface area contributed by atoms with E-state index in [0.29, 0.717) is 5.02 Å². The molecule has 0 aliphatic heterocycles. The third-order valence-electron chi connectivity index (χ3n) is 2.32. The van der Waals surface area contributed by atoms with E-state index in [1.165, 1.54) is 11.3 Å². The van der Waals surface area contributed by atoms with E-state index >= 15 is 0 Å². The highest BCUT2D eigenvalue weighted by atomic mass is 35.5. The molecule has 3 nitrogen and oxygen atoms in total. The summed E-state index contributed by atoms with van der Waals surface area (Å²) in [6, 6.07) is 7.25. The standard InChI is InChI=1S/C12H13ClN2OS/c1-8-7-17-12(14-8)11(6-16)15-10-5-3-2-4-9(10)13/h2-5,7,11,15-16H,6H2,1H3. The largest absolute Gasteiger partial charge is 0.394 e. The lowest BCUT2D eigenvalue weighted by molar-refractivity contribution is 0.276. The normalized spacial score (nSPS) is 12.4. The second-order valence-corrected chi connectivity index (χ2v) is 4.98. The Kier molecular flexibility index (Phi) is 3.99. The number of rotatable bonds is 4. The topological polar surface area (TPSA) is 45.1 Å². The molecule has 0 radical (unpaired) electrons. The van der Waals surface area contributed by atoms with Gasteiger partial charge < -0.3 is 10.4 Å². The van der Waals surface area contributed by atoms with Crippen molar-refractivity contribution in [3.63, 3.8) is 0 Å². The highest BCUT2D eigenvalue weighted by Crippen LogP contribution is 2.27. The summed E-state index contributed by atoms with van der Waals surface area (Å²) in [5, 5.41) is 16.1. The van der Waals surface area contributed by atoms with Crippen molar-refractivity contribution < 1.29 is 5.11 Å². The summed E-state index contributed by atoms with van der Waals surface area (Å²) in [5.41, 5.74) is 1.77. The maximum Gasteiger partial charge on any atom is 0.118 e. The summed E-state index contributed by atoms with van der Waals surface area (Å²) in [5.74, 6) is 0. The van der Waals surface area contributed by atoms with E-state index in [4.69, 9.17) is 11.6 Å². The van der Waals surface area contributed by atoms with Crippen LogP contribution in [0.3, 0.4) is 0 Å². The van der Waals surface area contributed by atoms with Crippen LogP contribution in [-0.2, 0) is 0 Å². The number of nitrogens with zero attached hydrogens (tertiary/aromatic N) is 1.